The Bertz CT molecular complexity index is 1990. The van der Waals surface area contributed by atoms with Crippen molar-refractivity contribution in [2.75, 3.05) is 52.8 Å². The molecule has 0 spiro atoms. The highest BCUT2D eigenvalue weighted by molar-refractivity contribution is 6.03. The maximum absolute atomic E-state index is 14.4. The number of aromatic nitrogens is 1. The van der Waals surface area contributed by atoms with Crippen LogP contribution in [0.4, 0.5) is 4.79 Å². The number of aryl methyl sites for hydroxylation is 1. The van der Waals surface area contributed by atoms with Gasteiger partial charge in [-0.25, -0.2) is 4.79 Å². The molecule has 0 radical (unpaired) electrons. The number of pyridine rings is 1. The molecule has 0 bridgehead atoms. The van der Waals surface area contributed by atoms with Crippen molar-refractivity contribution in [3.05, 3.63) is 126 Å². The van der Waals surface area contributed by atoms with E-state index in [1.54, 1.807) is 17.1 Å². The number of nitrogens with zero attached hydrogens (tertiary/aromatic N) is 3. The summed E-state index contributed by atoms with van der Waals surface area (Å²) in [7, 11) is 0. The molecule has 3 aliphatic rings. The second kappa shape index (κ2) is 24.1. The molecule has 6 atom stereocenters. The average Bonchev–Trinajstić information content (AvgIpc) is 3.29. The molecule has 63 heavy (non-hydrogen) atoms. The zero-order chi connectivity index (χ0) is 44.4. The number of unbranched alkanes of at least 4 members (excludes halogenated alkanes) is 2. The molecule has 1 aromatic heterocycles. The highest BCUT2D eigenvalue weighted by Gasteiger charge is 2.65. The van der Waals surface area contributed by atoms with Crippen molar-refractivity contribution in [1.29, 1.82) is 0 Å². The van der Waals surface area contributed by atoms with Crippen LogP contribution in [0.5, 0.6) is 11.5 Å². The molecule has 2 aliphatic carbocycles. The van der Waals surface area contributed by atoms with Crippen molar-refractivity contribution in [3.8, 4) is 11.5 Å². The van der Waals surface area contributed by atoms with Crippen LogP contribution < -0.4 is 9.47 Å². The normalized spacial score (nSPS) is 22.8. The first-order valence-electron chi connectivity index (χ1n) is 22.4. The summed E-state index contributed by atoms with van der Waals surface area (Å²) in [6.45, 7) is 10.8. The zero-order valence-electron chi connectivity index (χ0n) is 36.7. The van der Waals surface area contributed by atoms with Gasteiger partial charge in [0, 0.05) is 43.4 Å². The topological polar surface area (TPSA) is 162 Å². The summed E-state index contributed by atoms with van der Waals surface area (Å²) in [5, 5.41) is 34.4. The fraction of sp³-hybridized carbons (Fsp3) is 0.500. The lowest BCUT2D eigenvalue weighted by atomic mass is 9.55. The lowest BCUT2D eigenvalue weighted by Gasteiger charge is -2.59. The van der Waals surface area contributed by atoms with Gasteiger partial charge in [0.05, 0.1) is 50.4 Å². The Morgan fingerprint density at radius 2 is 1.75 bits per heavy atom. The quantitative estimate of drug-likeness (QED) is 0.0410. The Labute approximate surface area is 372 Å². The maximum Gasteiger partial charge on any atom is 0.410 e. The third kappa shape index (κ3) is 12.0. The largest absolute Gasteiger partial charge is 0.487 e. The van der Waals surface area contributed by atoms with Crippen LogP contribution in [0.25, 0.3) is 0 Å². The number of hydrogen-bond acceptors (Lipinski definition) is 12. The van der Waals surface area contributed by atoms with E-state index < -0.39 is 23.8 Å². The first-order chi connectivity index (χ1) is 30.9. The molecule has 6 rings (SSSR count). The summed E-state index contributed by atoms with van der Waals surface area (Å²) in [6, 6.07) is 20.8. The molecular weight excluding hydrogens is 803 g/mol. The van der Waals surface area contributed by atoms with Crippen molar-refractivity contribution in [2.24, 2.45) is 22.9 Å². The molecule has 1 fully saturated rings. The molecule has 0 unspecified atom stereocenters. The average molecular weight is 868 g/mol. The van der Waals surface area contributed by atoms with E-state index in [0.29, 0.717) is 36.5 Å². The minimum absolute atomic E-state index is 0.0261. The lowest BCUT2D eigenvalue weighted by molar-refractivity contribution is -0.256. The number of carbonyl (C=O) groups is 1. The third-order valence-electron chi connectivity index (χ3n) is 12.1. The summed E-state index contributed by atoms with van der Waals surface area (Å²) in [6.07, 6.45) is 10.3. The molecule has 3 aromatic rings. The molecule has 1 saturated carbocycles. The molecule has 13 heteroatoms. The highest BCUT2D eigenvalue weighted by Crippen LogP contribution is 2.62. The second-order valence-corrected chi connectivity index (χ2v) is 16.3. The molecule has 2 heterocycles. The second-order valence-electron chi connectivity index (χ2n) is 16.3. The van der Waals surface area contributed by atoms with Gasteiger partial charge >= 0.3 is 6.09 Å². The third-order valence-corrected chi connectivity index (χ3v) is 12.1. The number of allylic oxidation sites excluding steroid dienone is 1. The molecule has 13 nitrogen and oxygen atoms in total. The number of amides is 1. The molecular formula is C50H65N3O10. The summed E-state index contributed by atoms with van der Waals surface area (Å²) in [5.74, 6) is -0.912. The van der Waals surface area contributed by atoms with Crippen LogP contribution >= 0.6 is 0 Å². The van der Waals surface area contributed by atoms with Crippen LogP contribution in [0.1, 0.15) is 79.8 Å². The number of oxime groups is 1. The van der Waals surface area contributed by atoms with Gasteiger partial charge in [-0.15, -0.1) is 13.2 Å². The smallest absolute Gasteiger partial charge is 0.410 e. The van der Waals surface area contributed by atoms with Gasteiger partial charge in [0.2, 0.25) is 5.79 Å². The summed E-state index contributed by atoms with van der Waals surface area (Å²) in [4.78, 5) is 26.9. The Morgan fingerprint density at radius 1 is 0.937 bits per heavy atom. The number of hydrogen-bond donors (Lipinski definition) is 3. The van der Waals surface area contributed by atoms with Crippen LogP contribution in [0.15, 0.2) is 109 Å². The van der Waals surface area contributed by atoms with Gasteiger partial charge in [-0.3, -0.25) is 9.88 Å². The highest BCUT2D eigenvalue weighted by atomic mass is 16.7. The van der Waals surface area contributed by atoms with Crippen molar-refractivity contribution < 1.29 is 48.6 Å². The maximum atomic E-state index is 14.4. The standard InChI is InChI=1S/C50H65N3O10/c1-4-6-28-59-49(57)53(23-29-58-30-26-56)46-33-44(52-62-34-37-16-8-7-9-17-37)42-31-38(18-10-12-24-54)41(20-11-13-25-55)47-43-32-40(60-35-39-19-14-15-36(3)51-39)21-22-45(43)63-50(46,48(42)47)61-27-5-2/h4-5,7-9,14-17,19,21-22,31-32,38,41,46-48,54-56H,1-2,6,10-13,18,20,23-30,33-35H2,3H3/t38-,41+,46-,47+,48+,50+/m0/s1. The van der Waals surface area contributed by atoms with Gasteiger partial charge in [-0.1, -0.05) is 72.6 Å². The van der Waals surface area contributed by atoms with Crippen molar-refractivity contribution in [1.82, 2.24) is 9.88 Å². The minimum atomic E-state index is -1.48. The summed E-state index contributed by atoms with van der Waals surface area (Å²) in [5.41, 5.74) is 5.19. The Balaban J connectivity index is 1.55. The van der Waals surface area contributed by atoms with E-state index in [1.807, 2.05) is 67.6 Å². The number of aliphatic hydroxyl groups excluding tert-OH is 3. The van der Waals surface area contributed by atoms with E-state index >= 15 is 0 Å². The van der Waals surface area contributed by atoms with E-state index in [2.05, 4.69) is 30.3 Å². The molecule has 0 saturated heterocycles. The van der Waals surface area contributed by atoms with Crippen LogP contribution in [-0.4, -0.2) is 102 Å². The Hall–Kier alpha value is -5.05. The zero-order valence-corrected chi connectivity index (χ0v) is 36.7. The first kappa shape index (κ1) is 47.4. The van der Waals surface area contributed by atoms with Gasteiger partial charge < -0.3 is 43.8 Å². The fourth-order valence-electron chi connectivity index (χ4n) is 9.35. The van der Waals surface area contributed by atoms with Crippen molar-refractivity contribution in [2.45, 2.75) is 89.3 Å². The van der Waals surface area contributed by atoms with Gasteiger partial charge in [0.1, 0.15) is 30.8 Å². The number of aliphatic hydroxyl groups is 3. The predicted octanol–water partition coefficient (Wildman–Crippen LogP) is 7.83. The predicted molar refractivity (Wildman–Crippen MR) is 240 cm³/mol. The fourth-order valence-corrected chi connectivity index (χ4v) is 9.35. The van der Waals surface area contributed by atoms with Crippen molar-refractivity contribution in [3.63, 3.8) is 0 Å². The monoisotopic (exact) mass is 867 g/mol. The Morgan fingerprint density at radius 3 is 2.49 bits per heavy atom. The van der Waals surface area contributed by atoms with E-state index in [1.165, 1.54) is 0 Å². The van der Waals surface area contributed by atoms with E-state index in [9.17, 15) is 20.1 Å². The van der Waals surface area contributed by atoms with E-state index in [0.717, 1.165) is 53.8 Å². The first-order valence-corrected chi connectivity index (χ1v) is 22.4. The van der Waals surface area contributed by atoms with Crippen LogP contribution in [0.3, 0.4) is 0 Å². The summed E-state index contributed by atoms with van der Waals surface area (Å²) < 4.78 is 32.5. The van der Waals surface area contributed by atoms with E-state index in [4.69, 9.17) is 33.7 Å². The lowest BCUT2D eigenvalue weighted by Crippen LogP contribution is -2.70. The van der Waals surface area contributed by atoms with Gasteiger partial charge in [-0.05, 0) is 92.3 Å². The van der Waals surface area contributed by atoms with Crippen LogP contribution in [0.2, 0.25) is 0 Å². The van der Waals surface area contributed by atoms with E-state index in [-0.39, 0.29) is 90.2 Å². The van der Waals surface area contributed by atoms with Crippen LogP contribution in [-0.2, 0) is 32.3 Å². The molecule has 340 valence electrons. The SMILES string of the molecule is C=CCCOC(=O)N(CCOCCO)[C@H]1CC(=NOCc2ccccc2)C2=C[C@H](CCCCO)[C@@H](CCCCO)[C@@H]3c4cc(OCc5cccc(C)n5)ccc4O[C@@]1(OCC=C)[C@H]23. The molecule has 1 amide bonds. The molecule has 3 N–H and O–H groups in total. The number of rotatable bonds is 26. The Kier molecular flexibility index (Phi) is 18.2. The number of ether oxygens (including phenoxy) is 5. The minimum Gasteiger partial charge on any atom is -0.487 e. The number of fused-ring (bicyclic) bond motifs is 2. The molecule has 1 aliphatic heterocycles. The van der Waals surface area contributed by atoms with Gasteiger partial charge in [-0.2, -0.15) is 0 Å². The number of carbonyl (C=O) groups excluding carboxylic acids is 1. The van der Waals surface area contributed by atoms with Crippen molar-refractivity contribution >= 4 is 11.8 Å². The molecule has 2 aromatic carbocycles. The van der Waals surface area contributed by atoms with Gasteiger partial charge in [0.15, 0.2) is 0 Å². The number of benzene rings is 2. The summed E-state index contributed by atoms with van der Waals surface area (Å²) >= 11 is 0. The van der Waals surface area contributed by atoms with Crippen LogP contribution in [0, 0.1) is 24.7 Å². The van der Waals surface area contributed by atoms with Gasteiger partial charge in [0.25, 0.3) is 0 Å².